The molecule has 0 atom stereocenters. The van der Waals surface area contributed by atoms with E-state index in [1.165, 1.54) is 0 Å². The minimum Gasteiger partial charge on any atom is -0.239 e. The van der Waals surface area contributed by atoms with E-state index in [1.807, 2.05) is 147 Å². The summed E-state index contributed by atoms with van der Waals surface area (Å²) in [5, 5.41) is 0. The quantitative estimate of drug-likeness (QED) is 0.142. The maximum absolute atomic E-state index is 5.13. The summed E-state index contributed by atoms with van der Waals surface area (Å²) in [6.45, 7) is 3.92. The summed E-state index contributed by atoms with van der Waals surface area (Å²) in [6, 6.07) is 65.4. The van der Waals surface area contributed by atoms with Crippen LogP contribution in [0.5, 0.6) is 0 Å². The summed E-state index contributed by atoms with van der Waals surface area (Å²) in [6.07, 6.45) is 0. The Bertz CT molecular complexity index is 3060. The SMILES string of the molecule is Cc1cc(-c2ccc(-c3ccccc3-c3nc(-c4ccccc4)nc(-c4ccccc4)n3)c(-c3cccc(-c4nc(-c5ccccc5)nc(-c5ccccc5)n4)c3)c2)nc(C)n1. The molecular weight excluding hydrogens is 761 g/mol. The molecule has 0 aliphatic carbocycles. The van der Waals surface area contributed by atoms with Crippen molar-refractivity contribution in [2.75, 3.05) is 0 Å². The summed E-state index contributed by atoms with van der Waals surface area (Å²) in [7, 11) is 0. The summed E-state index contributed by atoms with van der Waals surface area (Å²) >= 11 is 0. The predicted molar refractivity (Wildman–Crippen MR) is 247 cm³/mol. The number of hydrogen-bond donors (Lipinski definition) is 0. The first-order valence-electron chi connectivity index (χ1n) is 20.4. The van der Waals surface area contributed by atoms with E-state index in [-0.39, 0.29) is 0 Å². The number of rotatable bonds is 9. The Kier molecular flexibility index (Phi) is 10.2. The lowest BCUT2D eigenvalue weighted by Gasteiger charge is -2.17. The van der Waals surface area contributed by atoms with Crippen molar-refractivity contribution < 1.29 is 0 Å². The van der Waals surface area contributed by atoms with Gasteiger partial charge in [0.1, 0.15) is 5.82 Å². The van der Waals surface area contributed by atoms with Gasteiger partial charge in [-0.2, -0.15) is 0 Å². The first-order valence-corrected chi connectivity index (χ1v) is 20.4. The van der Waals surface area contributed by atoms with Gasteiger partial charge in [-0.05, 0) is 54.3 Å². The van der Waals surface area contributed by atoms with Crippen LogP contribution in [-0.4, -0.2) is 39.9 Å². The highest BCUT2D eigenvalue weighted by Gasteiger charge is 2.20. The molecule has 0 saturated heterocycles. The molecule has 62 heavy (non-hydrogen) atoms. The average Bonchev–Trinajstić information content (AvgIpc) is 3.34. The third-order valence-corrected chi connectivity index (χ3v) is 10.6. The molecule has 3 aromatic heterocycles. The number of benzene rings is 7. The van der Waals surface area contributed by atoms with Crippen LogP contribution in [0.1, 0.15) is 11.5 Å². The second-order valence-electron chi connectivity index (χ2n) is 14.9. The Labute approximate surface area is 359 Å². The molecule has 0 fully saturated rings. The van der Waals surface area contributed by atoms with Gasteiger partial charge in [0.15, 0.2) is 34.9 Å². The molecule has 0 aliphatic heterocycles. The Morgan fingerprint density at radius 3 is 1.15 bits per heavy atom. The molecule has 0 unspecified atom stereocenters. The molecule has 294 valence electrons. The number of aryl methyl sites for hydroxylation is 2. The van der Waals surface area contributed by atoms with Crippen molar-refractivity contribution in [3.63, 3.8) is 0 Å². The van der Waals surface area contributed by atoms with Crippen LogP contribution in [0.15, 0.2) is 194 Å². The van der Waals surface area contributed by atoms with Crippen LogP contribution in [0.2, 0.25) is 0 Å². The fourth-order valence-electron chi connectivity index (χ4n) is 7.65. The smallest absolute Gasteiger partial charge is 0.164 e. The zero-order valence-corrected chi connectivity index (χ0v) is 34.1. The number of hydrogen-bond acceptors (Lipinski definition) is 8. The van der Waals surface area contributed by atoms with E-state index in [4.69, 9.17) is 34.9 Å². The van der Waals surface area contributed by atoms with Crippen LogP contribution in [-0.2, 0) is 0 Å². The van der Waals surface area contributed by atoms with Crippen molar-refractivity contribution in [3.05, 3.63) is 206 Å². The highest BCUT2D eigenvalue weighted by atomic mass is 15.0. The highest BCUT2D eigenvalue weighted by Crippen LogP contribution is 2.41. The van der Waals surface area contributed by atoms with Gasteiger partial charge < -0.3 is 0 Å². The second-order valence-corrected chi connectivity index (χ2v) is 14.9. The minimum atomic E-state index is 0.575. The fraction of sp³-hybridized carbons (Fsp3) is 0.0370. The Morgan fingerprint density at radius 1 is 0.242 bits per heavy atom. The van der Waals surface area contributed by atoms with Gasteiger partial charge in [0.2, 0.25) is 0 Å². The standard InChI is InChI=1S/C54H38N8/c1-35-32-48(56-36(2)55-35)42-30-31-45(44-28-15-16-29-46(44)54-61-51(39-22-11-5-12-23-39)58-52(62-54)40-24-13-6-14-25-40)47(34-42)41-26-17-27-43(33-41)53-59-49(37-18-7-3-8-19-37)57-50(60-53)38-20-9-4-10-21-38/h3-34H,1-2H3. The van der Waals surface area contributed by atoms with Gasteiger partial charge in [0.05, 0.1) is 5.69 Å². The van der Waals surface area contributed by atoms with Crippen LogP contribution < -0.4 is 0 Å². The average molecular weight is 799 g/mol. The van der Waals surface area contributed by atoms with Gasteiger partial charge >= 0.3 is 0 Å². The Morgan fingerprint density at radius 2 is 0.645 bits per heavy atom. The number of nitrogens with zero attached hydrogens (tertiary/aromatic N) is 8. The molecule has 3 heterocycles. The van der Waals surface area contributed by atoms with Gasteiger partial charge in [-0.3, -0.25) is 0 Å². The van der Waals surface area contributed by atoms with E-state index in [2.05, 4.69) is 65.6 Å². The van der Waals surface area contributed by atoms with Gasteiger partial charge in [0.25, 0.3) is 0 Å². The van der Waals surface area contributed by atoms with Crippen LogP contribution in [0, 0.1) is 13.8 Å². The van der Waals surface area contributed by atoms with Crippen molar-refractivity contribution in [1.82, 2.24) is 39.9 Å². The Balaban J connectivity index is 1.17. The van der Waals surface area contributed by atoms with E-state index in [9.17, 15) is 0 Å². The number of aromatic nitrogens is 8. The Hall–Kier alpha value is -8.36. The van der Waals surface area contributed by atoms with Gasteiger partial charge in [-0.1, -0.05) is 176 Å². The van der Waals surface area contributed by atoms with Crippen LogP contribution in [0.25, 0.3) is 102 Å². The van der Waals surface area contributed by atoms with Crippen LogP contribution in [0.4, 0.5) is 0 Å². The van der Waals surface area contributed by atoms with Crippen molar-refractivity contribution in [2.24, 2.45) is 0 Å². The maximum Gasteiger partial charge on any atom is 0.164 e. The van der Waals surface area contributed by atoms with E-state index in [0.29, 0.717) is 34.9 Å². The molecule has 0 radical (unpaired) electrons. The van der Waals surface area contributed by atoms with Crippen molar-refractivity contribution in [2.45, 2.75) is 13.8 Å². The van der Waals surface area contributed by atoms with Crippen molar-refractivity contribution in [1.29, 1.82) is 0 Å². The largest absolute Gasteiger partial charge is 0.239 e. The summed E-state index contributed by atoms with van der Waals surface area (Å²) in [4.78, 5) is 39.7. The molecule has 10 rings (SSSR count). The predicted octanol–water partition coefficient (Wildman–Crippen LogP) is 12.5. The molecule has 7 aromatic carbocycles. The third-order valence-electron chi connectivity index (χ3n) is 10.6. The molecular formula is C54H38N8. The first-order chi connectivity index (χ1) is 30.5. The van der Waals surface area contributed by atoms with Crippen LogP contribution >= 0.6 is 0 Å². The van der Waals surface area contributed by atoms with Crippen molar-refractivity contribution in [3.8, 4) is 102 Å². The molecule has 0 N–H and O–H groups in total. The van der Waals surface area contributed by atoms with E-state index in [1.54, 1.807) is 0 Å². The molecule has 0 saturated carbocycles. The van der Waals surface area contributed by atoms with Crippen LogP contribution in [0.3, 0.4) is 0 Å². The molecule has 0 aliphatic rings. The lowest BCUT2D eigenvalue weighted by molar-refractivity contribution is 1.02. The van der Waals surface area contributed by atoms with Gasteiger partial charge in [-0.15, -0.1) is 0 Å². The summed E-state index contributed by atoms with van der Waals surface area (Å²) in [5.41, 5.74) is 12.0. The topological polar surface area (TPSA) is 103 Å². The molecule has 0 spiro atoms. The van der Waals surface area contributed by atoms with Gasteiger partial charge in [-0.25, -0.2) is 39.9 Å². The maximum atomic E-state index is 5.13. The summed E-state index contributed by atoms with van der Waals surface area (Å²) < 4.78 is 0. The molecule has 0 amide bonds. The molecule has 10 aromatic rings. The third kappa shape index (κ3) is 7.88. The van der Waals surface area contributed by atoms with E-state index >= 15 is 0 Å². The van der Waals surface area contributed by atoms with Crippen molar-refractivity contribution >= 4 is 0 Å². The minimum absolute atomic E-state index is 0.575. The molecule has 0 bridgehead atoms. The fourth-order valence-corrected chi connectivity index (χ4v) is 7.65. The molecule has 8 nitrogen and oxygen atoms in total. The lowest BCUT2D eigenvalue weighted by Crippen LogP contribution is -2.01. The van der Waals surface area contributed by atoms with E-state index in [0.717, 1.165) is 78.4 Å². The highest BCUT2D eigenvalue weighted by molar-refractivity contribution is 5.93. The zero-order chi connectivity index (χ0) is 41.8. The second kappa shape index (κ2) is 16.7. The molecule has 8 heteroatoms. The monoisotopic (exact) mass is 798 g/mol. The summed E-state index contributed by atoms with van der Waals surface area (Å²) in [5.74, 6) is 4.28. The zero-order valence-electron chi connectivity index (χ0n) is 34.1. The lowest BCUT2D eigenvalue weighted by atomic mass is 9.89. The normalized spacial score (nSPS) is 11.1. The van der Waals surface area contributed by atoms with Gasteiger partial charge in [0, 0.05) is 44.6 Å². The van der Waals surface area contributed by atoms with E-state index < -0.39 is 0 Å². The first kappa shape index (κ1) is 37.9.